The summed E-state index contributed by atoms with van der Waals surface area (Å²) in [4.78, 5) is 0. The van der Waals surface area contributed by atoms with Gasteiger partial charge in [0.15, 0.2) is 0 Å². The maximum absolute atomic E-state index is 12.5. The molecule has 1 N–H and O–H groups in total. The topological polar surface area (TPSA) is 29.5 Å². The molecule has 2 nitrogen and oxygen atoms in total. The molecule has 2 rings (SSSR count). The summed E-state index contributed by atoms with van der Waals surface area (Å²) in [7, 11) is 1.48. The zero-order valence-corrected chi connectivity index (χ0v) is 10.7. The van der Waals surface area contributed by atoms with Crippen LogP contribution in [-0.4, -0.2) is 12.2 Å². The zero-order valence-electron chi connectivity index (χ0n) is 10.7. The third kappa shape index (κ3) is 2.93. The number of ether oxygens (including phenoxy) is 1. The summed E-state index contributed by atoms with van der Waals surface area (Å²) in [6.07, 6.45) is -4.34. The third-order valence-corrected chi connectivity index (χ3v) is 3.00. The molecule has 0 aliphatic heterocycles. The number of rotatable bonds is 3. The van der Waals surface area contributed by atoms with Gasteiger partial charge in [0, 0.05) is 5.56 Å². The molecule has 2 aromatic carbocycles. The maximum Gasteiger partial charge on any atom is 0.416 e. The molecule has 5 heteroatoms. The summed E-state index contributed by atoms with van der Waals surface area (Å²) >= 11 is 0. The summed E-state index contributed by atoms with van der Waals surface area (Å²) < 4.78 is 42.6. The zero-order chi connectivity index (χ0) is 14.8. The van der Waals surface area contributed by atoms with Gasteiger partial charge in [-0.25, -0.2) is 0 Å². The Morgan fingerprint density at radius 1 is 1.00 bits per heavy atom. The fraction of sp³-hybridized carbons (Fsp3) is 0.200. The van der Waals surface area contributed by atoms with Crippen LogP contribution in [0.25, 0.3) is 11.1 Å². The van der Waals surface area contributed by atoms with Crippen LogP contribution in [0.5, 0.6) is 5.75 Å². The van der Waals surface area contributed by atoms with Gasteiger partial charge < -0.3 is 9.84 Å². The van der Waals surface area contributed by atoms with Gasteiger partial charge in [0.2, 0.25) is 0 Å². The van der Waals surface area contributed by atoms with Crippen LogP contribution in [-0.2, 0) is 12.8 Å². The number of benzene rings is 2. The van der Waals surface area contributed by atoms with Gasteiger partial charge in [0.25, 0.3) is 0 Å². The second-order valence-corrected chi connectivity index (χ2v) is 4.26. The molecular weight excluding hydrogens is 269 g/mol. The van der Waals surface area contributed by atoms with E-state index in [1.54, 1.807) is 18.2 Å². The summed E-state index contributed by atoms with van der Waals surface area (Å²) in [6, 6.07) is 10.0. The highest BCUT2D eigenvalue weighted by Crippen LogP contribution is 2.32. The van der Waals surface area contributed by atoms with Crippen molar-refractivity contribution in [1.29, 1.82) is 0 Å². The Labute approximate surface area is 114 Å². The van der Waals surface area contributed by atoms with E-state index >= 15 is 0 Å². The van der Waals surface area contributed by atoms with Gasteiger partial charge in [0.05, 0.1) is 19.3 Å². The van der Waals surface area contributed by atoms with Crippen molar-refractivity contribution in [1.82, 2.24) is 0 Å². The Balaban J connectivity index is 2.37. The molecule has 0 aromatic heterocycles. The molecule has 0 spiro atoms. The fourth-order valence-electron chi connectivity index (χ4n) is 1.91. The molecule has 0 aliphatic carbocycles. The molecule has 0 heterocycles. The van der Waals surface area contributed by atoms with Gasteiger partial charge in [0.1, 0.15) is 5.75 Å². The number of hydrogen-bond acceptors (Lipinski definition) is 2. The first-order valence-electron chi connectivity index (χ1n) is 5.91. The minimum atomic E-state index is -4.34. The van der Waals surface area contributed by atoms with E-state index in [4.69, 9.17) is 9.84 Å². The van der Waals surface area contributed by atoms with E-state index in [0.717, 1.165) is 17.7 Å². The van der Waals surface area contributed by atoms with Gasteiger partial charge in [-0.15, -0.1) is 0 Å². The predicted octanol–water partition coefficient (Wildman–Crippen LogP) is 3.87. The first-order valence-corrected chi connectivity index (χ1v) is 5.91. The number of aliphatic hydroxyl groups excluding tert-OH is 1. The van der Waals surface area contributed by atoms with E-state index in [1.165, 1.54) is 19.2 Å². The van der Waals surface area contributed by atoms with Crippen LogP contribution in [0.2, 0.25) is 0 Å². The molecule has 0 fully saturated rings. The molecule has 0 saturated carbocycles. The molecule has 0 amide bonds. The highest BCUT2D eigenvalue weighted by molar-refractivity contribution is 5.66. The van der Waals surface area contributed by atoms with Crippen molar-refractivity contribution < 1.29 is 23.0 Å². The lowest BCUT2D eigenvalue weighted by Crippen LogP contribution is -2.04. The van der Waals surface area contributed by atoms with E-state index in [9.17, 15) is 13.2 Å². The third-order valence-electron chi connectivity index (χ3n) is 3.00. The molecule has 0 unspecified atom stereocenters. The first kappa shape index (κ1) is 14.4. The van der Waals surface area contributed by atoms with Crippen LogP contribution < -0.4 is 4.74 Å². The second-order valence-electron chi connectivity index (χ2n) is 4.26. The Morgan fingerprint density at radius 3 is 2.10 bits per heavy atom. The summed E-state index contributed by atoms with van der Waals surface area (Å²) in [6.45, 7) is -0.156. The molecule has 2 aromatic rings. The number of hydrogen-bond donors (Lipinski definition) is 1. The average molecular weight is 282 g/mol. The molecule has 0 aliphatic rings. The van der Waals surface area contributed by atoms with E-state index in [0.29, 0.717) is 16.9 Å². The number of aliphatic hydroxyl groups is 1. The molecule has 20 heavy (non-hydrogen) atoms. The lowest BCUT2D eigenvalue weighted by atomic mass is 10.0. The van der Waals surface area contributed by atoms with Crippen molar-refractivity contribution >= 4 is 0 Å². The van der Waals surface area contributed by atoms with Crippen LogP contribution in [0, 0.1) is 0 Å². The Morgan fingerprint density at radius 2 is 1.60 bits per heavy atom. The minimum absolute atomic E-state index is 0.156. The van der Waals surface area contributed by atoms with Gasteiger partial charge in [-0.05, 0) is 29.3 Å². The molecule has 0 saturated heterocycles. The fourth-order valence-corrected chi connectivity index (χ4v) is 1.91. The van der Waals surface area contributed by atoms with Crippen molar-refractivity contribution in [3.63, 3.8) is 0 Å². The lowest BCUT2D eigenvalue weighted by Gasteiger charge is -2.10. The van der Waals surface area contributed by atoms with Crippen molar-refractivity contribution in [3.8, 4) is 16.9 Å². The van der Waals surface area contributed by atoms with Crippen LogP contribution >= 0.6 is 0 Å². The quantitative estimate of drug-likeness (QED) is 0.926. The highest BCUT2D eigenvalue weighted by Gasteiger charge is 2.29. The lowest BCUT2D eigenvalue weighted by molar-refractivity contribution is -0.137. The molecule has 106 valence electrons. The number of alkyl halides is 3. The number of methoxy groups -OCH3 is 1. The normalized spacial score (nSPS) is 11.4. The monoisotopic (exact) mass is 282 g/mol. The standard InChI is InChI=1S/C15H13F3O2/c1-20-14-8-11(2-3-12(14)9-19)10-4-6-13(7-5-10)15(16,17)18/h2-8,19H,9H2,1H3. The van der Waals surface area contributed by atoms with Gasteiger partial charge in [-0.1, -0.05) is 24.3 Å². The molecule has 0 bridgehead atoms. The summed E-state index contributed by atoms with van der Waals surface area (Å²) in [5, 5.41) is 9.13. The largest absolute Gasteiger partial charge is 0.496 e. The molecule has 0 atom stereocenters. The second kappa shape index (κ2) is 5.54. The van der Waals surface area contributed by atoms with E-state index < -0.39 is 11.7 Å². The predicted molar refractivity (Wildman–Crippen MR) is 69.4 cm³/mol. The van der Waals surface area contributed by atoms with Crippen LogP contribution in [0.1, 0.15) is 11.1 Å². The van der Waals surface area contributed by atoms with E-state index in [2.05, 4.69) is 0 Å². The van der Waals surface area contributed by atoms with Crippen LogP contribution in [0.3, 0.4) is 0 Å². The highest BCUT2D eigenvalue weighted by atomic mass is 19.4. The molecule has 0 radical (unpaired) electrons. The SMILES string of the molecule is COc1cc(-c2ccc(C(F)(F)F)cc2)ccc1CO. The van der Waals surface area contributed by atoms with Gasteiger partial charge in [-0.3, -0.25) is 0 Å². The van der Waals surface area contributed by atoms with Crippen molar-refractivity contribution in [2.45, 2.75) is 12.8 Å². The Hall–Kier alpha value is -2.01. The first-order chi connectivity index (χ1) is 9.45. The van der Waals surface area contributed by atoms with Gasteiger partial charge in [-0.2, -0.15) is 13.2 Å². The van der Waals surface area contributed by atoms with E-state index in [-0.39, 0.29) is 6.61 Å². The van der Waals surface area contributed by atoms with Crippen LogP contribution in [0.4, 0.5) is 13.2 Å². The summed E-state index contributed by atoms with van der Waals surface area (Å²) in [5.74, 6) is 0.505. The Bertz CT molecular complexity index is 589. The minimum Gasteiger partial charge on any atom is -0.496 e. The smallest absolute Gasteiger partial charge is 0.416 e. The Kier molecular flexibility index (Phi) is 3.99. The number of halogens is 3. The maximum atomic E-state index is 12.5. The summed E-state index contributed by atoms with van der Waals surface area (Å²) in [5.41, 5.74) is 1.33. The average Bonchev–Trinajstić information content (AvgIpc) is 2.45. The van der Waals surface area contributed by atoms with Crippen LogP contribution in [0.15, 0.2) is 42.5 Å². The van der Waals surface area contributed by atoms with Gasteiger partial charge >= 0.3 is 6.18 Å². The molecular formula is C15H13F3O2. The van der Waals surface area contributed by atoms with Crippen molar-refractivity contribution in [2.75, 3.05) is 7.11 Å². The van der Waals surface area contributed by atoms with Crippen molar-refractivity contribution in [3.05, 3.63) is 53.6 Å². The van der Waals surface area contributed by atoms with E-state index in [1.807, 2.05) is 0 Å². The van der Waals surface area contributed by atoms with Crippen molar-refractivity contribution in [2.24, 2.45) is 0 Å².